The van der Waals surface area contributed by atoms with Crippen LogP contribution >= 0.6 is 23.2 Å². The van der Waals surface area contributed by atoms with Crippen LogP contribution in [-0.4, -0.2) is 15.0 Å². The molecule has 1 rings (SSSR count). The molecule has 1 atom stereocenters. The van der Waals surface area contributed by atoms with Crippen molar-refractivity contribution in [3.63, 3.8) is 0 Å². The van der Waals surface area contributed by atoms with E-state index in [0.29, 0.717) is 10.8 Å². The first-order chi connectivity index (χ1) is 9.29. The van der Waals surface area contributed by atoms with E-state index in [1.54, 1.807) is 6.07 Å². The first-order valence-corrected chi connectivity index (χ1v) is 8.40. The van der Waals surface area contributed by atoms with E-state index in [2.05, 4.69) is 0 Å². The second-order valence-corrected chi connectivity index (χ2v) is 6.66. The molecule has 112 valence electrons. The minimum Gasteiger partial charge on any atom is -0.488 e. The topological polar surface area (TPSA) is 69.4 Å². The van der Waals surface area contributed by atoms with Crippen molar-refractivity contribution in [2.45, 2.75) is 31.1 Å². The molecule has 0 saturated heterocycles. The quantitative estimate of drug-likeness (QED) is 0.862. The van der Waals surface area contributed by atoms with E-state index in [1.807, 2.05) is 13.8 Å². The Bertz CT molecular complexity index is 600. The molecule has 20 heavy (non-hydrogen) atoms. The molecule has 0 heterocycles. The van der Waals surface area contributed by atoms with Crippen molar-refractivity contribution >= 4 is 33.2 Å². The number of rotatable bonds is 6. The maximum absolute atomic E-state index is 11.4. The van der Waals surface area contributed by atoms with Gasteiger partial charge >= 0.3 is 0 Å². The SMILES string of the molecule is CCC(C)c1cc(S(N)(=O)=O)ccc1OC/C(Cl)=C/Cl. The highest BCUT2D eigenvalue weighted by Gasteiger charge is 2.16. The highest BCUT2D eigenvalue weighted by Crippen LogP contribution is 2.31. The Morgan fingerprint density at radius 2 is 2.15 bits per heavy atom. The van der Waals surface area contributed by atoms with Crippen LogP contribution in [0.2, 0.25) is 0 Å². The second-order valence-electron chi connectivity index (χ2n) is 4.40. The molecule has 0 spiro atoms. The second kappa shape index (κ2) is 7.31. The largest absolute Gasteiger partial charge is 0.488 e. The van der Waals surface area contributed by atoms with Gasteiger partial charge in [0.05, 0.1) is 9.93 Å². The molecule has 4 nitrogen and oxygen atoms in total. The molecule has 0 aromatic heterocycles. The van der Waals surface area contributed by atoms with Gasteiger partial charge in [-0.1, -0.05) is 37.0 Å². The Labute approximate surface area is 129 Å². The summed E-state index contributed by atoms with van der Waals surface area (Å²) in [7, 11) is -3.73. The predicted molar refractivity (Wildman–Crippen MR) is 81.8 cm³/mol. The average molecular weight is 338 g/mol. The standard InChI is InChI=1S/C13H17Cl2NO3S/c1-3-9(2)12-6-11(20(16,17)18)4-5-13(12)19-8-10(15)7-14/h4-7,9H,3,8H2,1-2H3,(H2,16,17,18)/b10-7-. The zero-order chi connectivity index (χ0) is 15.3. The van der Waals surface area contributed by atoms with E-state index in [-0.39, 0.29) is 17.4 Å². The normalized spacial score (nSPS) is 14.2. The zero-order valence-electron chi connectivity index (χ0n) is 11.3. The van der Waals surface area contributed by atoms with Crippen LogP contribution in [0.5, 0.6) is 5.75 Å². The van der Waals surface area contributed by atoms with E-state index in [4.69, 9.17) is 33.1 Å². The van der Waals surface area contributed by atoms with Gasteiger partial charge in [-0.25, -0.2) is 13.6 Å². The van der Waals surface area contributed by atoms with Gasteiger partial charge in [-0.05, 0) is 36.1 Å². The van der Waals surface area contributed by atoms with Crippen molar-refractivity contribution < 1.29 is 13.2 Å². The molecule has 7 heteroatoms. The first kappa shape index (κ1) is 17.3. The molecule has 0 bridgehead atoms. The average Bonchev–Trinajstić information content (AvgIpc) is 2.42. The lowest BCUT2D eigenvalue weighted by Crippen LogP contribution is -2.13. The molecule has 2 N–H and O–H groups in total. The summed E-state index contributed by atoms with van der Waals surface area (Å²) in [5, 5.41) is 5.50. The van der Waals surface area contributed by atoms with E-state index in [1.165, 1.54) is 17.7 Å². The Morgan fingerprint density at radius 3 is 2.65 bits per heavy atom. The molecule has 0 fully saturated rings. The molecule has 1 aromatic rings. The summed E-state index contributed by atoms with van der Waals surface area (Å²) in [6, 6.07) is 4.53. The summed E-state index contributed by atoms with van der Waals surface area (Å²) < 4.78 is 28.4. The lowest BCUT2D eigenvalue weighted by molar-refractivity contribution is 0.352. The van der Waals surface area contributed by atoms with Crippen LogP contribution in [0, 0.1) is 0 Å². The van der Waals surface area contributed by atoms with Crippen LogP contribution < -0.4 is 9.88 Å². The molecule has 1 unspecified atom stereocenters. The molecular weight excluding hydrogens is 321 g/mol. The third-order valence-corrected chi connectivity index (χ3v) is 4.44. The van der Waals surface area contributed by atoms with Crippen molar-refractivity contribution in [3.8, 4) is 5.75 Å². The zero-order valence-corrected chi connectivity index (χ0v) is 13.6. The summed E-state index contributed by atoms with van der Waals surface area (Å²) in [5.74, 6) is 0.703. The maximum Gasteiger partial charge on any atom is 0.238 e. The van der Waals surface area contributed by atoms with Gasteiger partial charge in [0.2, 0.25) is 10.0 Å². The van der Waals surface area contributed by atoms with Gasteiger partial charge in [0.15, 0.2) is 0 Å². The number of ether oxygens (including phenoxy) is 1. The first-order valence-electron chi connectivity index (χ1n) is 6.03. The van der Waals surface area contributed by atoms with Crippen molar-refractivity contribution in [1.29, 1.82) is 0 Å². The fraction of sp³-hybridized carbons (Fsp3) is 0.385. The Morgan fingerprint density at radius 1 is 1.50 bits per heavy atom. The number of sulfonamides is 1. The van der Waals surface area contributed by atoms with E-state index >= 15 is 0 Å². The van der Waals surface area contributed by atoms with Crippen molar-refractivity contribution in [2.75, 3.05) is 6.61 Å². The third kappa shape index (κ3) is 4.66. The number of halogens is 2. The summed E-state index contributed by atoms with van der Waals surface area (Å²) >= 11 is 11.2. The maximum atomic E-state index is 11.4. The van der Waals surface area contributed by atoms with Crippen LogP contribution in [-0.2, 0) is 10.0 Å². The van der Waals surface area contributed by atoms with Crippen molar-refractivity contribution in [3.05, 3.63) is 34.3 Å². The van der Waals surface area contributed by atoms with Gasteiger partial charge in [0.1, 0.15) is 12.4 Å². The summed E-state index contributed by atoms with van der Waals surface area (Å²) in [6.45, 7) is 4.11. The highest BCUT2D eigenvalue weighted by molar-refractivity contribution is 7.89. The van der Waals surface area contributed by atoms with Gasteiger partial charge < -0.3 is 4.74 Å². The fourth-order valence-corrected chi connectivity index (χ4v) is 2.28. The molecule has 1 aromatic carbocycles. The smallest absolute Gasteiger partial charge is 0.238 e. The molecule has 0 saturated carbocycles. The summed E-state index contributed by atoms with van der Waals surface area (Å²) in [4.78, 5) is 0.0686. The molecule has 0 amide bonds. The predicted octanol–water partition coefficient (Wildman–Crippen LogP) is 3.55. The fourth-order valence-electron chi connectivity index (χ4n) is 1.62. The molecular formula is C13H17Cl2NO3S. The molecule has 0 radical (unpaired) electrons. The number of hydrogen-bond donors (Lipinski definition) is 1. The van der Waals surface area contributed by atoms with Gasteiger partial charge in [-0.15, -0.1) is 0 Å². The van der Waals surface area contributed by atoms with Crippen LogP contribution in [0.25, 0.3) is 0 Å². The number of hydrogen-bond acceptors (Lipinski definition) is 3. The van der Waals surface area contributed by atoms with Crippen LogP contribution in [0.4, 0.5) is 0 Å². The molecule has 0 aliphatic carbocycles. The van der Waals surface area contributed by atoms with Gasteiger partial charge in [-0.2, -0.15) is 0 Å². The Hall–Kier alpha value is -0.750. The minimum absolute atomic E-state index is 0.0686. The van der Waals surface area contributed by atoms with Crippen LogP contribution in [0.15, 0.2) is 33.7 Å². The summed E-state index contributed by atoms with van der Waals surface area (Å²) in [6.07, 6.45) is 0.837. The lowest BCUT2D eigenvalue weighted by atomic mass is 9.98. The monoisotopic (exact) mass is 337 g/mol. The molecule has 0 aliphatic heterocycles. The Kier molecular flexibility index (Phi) is 6.33. The number of primary sulfonamides is 1. The highest BCUT2D eigenvalue weighted by atomic mass is 35.5. The lowest BCUT2D eigenvalue weighted by Gasteiger charge is -2.16. The Balaban J connectivity index is 3.17. The molecule has 0 aliphatic rings. The minimum atomic E-state index is -3.73. The van der Waals surface area contributed by atoms with Gasteiger partial charge in [0.25, 0.3) is 0 Å². The van der Waals surface area contributed by atoms with E-state index in [9.17, 15) is 8.42 Å². The number of benzene rings is 1. The number of nitrogens with two attached hydrogens (primary N) is 1. The van der Waals surface area contributed by atoms with Gasteiger partial charge in [-0.3, -0.25) is 0 Å². The summed E-state index contributed by atoms with van der Waals surface area (Å²) in [5.41, 5.74) is 2.00. The van der Waals surface area contributed by atoms with Crippen LogP contribution in [0.3, 0.4) is 0 Å². The van der Waals surface area contributed by atoms with Crippen molar-refractivity contribution in [2.24, 2.45) is 5.14 Å². The van der Waals surface area contributed by atoms with Crippen LogP contribution in [0.1, 0.15) is 31.7 Å². The van der Waals surface area contributed by atoms with Crippen molar-refractivity contribution in [1.82, 2.24) is 0 Å². The van der Waals surface area contributed by atoms with E-state index in [0.717, 1.165) is 12.0 Å². The third-order valence-electron chi connectivity index (χ3n) is 2.94. The van der Waals surface area contributed by atoms with Gasteiger partial charge in [0, 0.05) is 5.54 Å². The van der Waals surface area contributed by atoms with E-state index < -0.39 is 10.0 Å².